The van der Waals surface area contributed by atoms with Crippen LogP contribution in [0, 0.1) is 0 Å². The van der Waals surface area contributed by atoms with Crippen LogP contribution >= 0.6 is 0 Å². The maximum absolute atomic E-state index is 12.6. The molecule has 0 heterocycles. The molecule has 3 aromatic carbocycles. The molecule has 0 saturated heterocycles. The van der Waals surface area contributed by atoms with Gasteiger partial charge >= 0.3 is 0 Å². The van der Waals surface area contributed by atoms with Gasteiger partial charge in [-0.1, -0.05) is 75.4 Å². The molecule has 0 atom stereocenters. The third-order valence-corrected chi connectivity index (χ3v) is 5.81. The average molecular weight is 483 g/mol. The van der Waals surface area contributed by atoms with Crippen molar-refractivity contribution in [1.29, 1.82) is 0 Å². The Labute approximate surface area is 214 Å². The summed E-state index contributed by atoms with van der Waals surface area (Å²) in [6, 6.07) is 19.8. The highest BCUT2D eigenvalue weighted by Crippen LogP contribution is 2.31. The maximum Gasteiger partial charge on any atom is 0.178 e. The Bertz CT molecular complexity index is 1260. The topological polar surface area (TPSA) is 44.8 Å². The number of hydrogen-bond acceptors (Lipinski definition) is 4. The lowest BCUT2D eigenvalue weighted by atomic mass is 9.87. The van der Waals surface area contributed by atoms with Gasteiger partial charge in [-0.15, -0.1) is 0 Å². The summed E-state index contributed by atoms with van der Waals surface area (Å²) in [7, 11) is 4.86. The number of hydrogen-bond donors (Lipinski definition) is 0. The number of ether oxygens (including phenoxy) is 3. The predicted molar refractivity (Wildman–Crippen MR) is 150 cm³/mol. The zero-order chi connectivity index (χ0) is 26.1. The molecular formula is C32H34O4. The smallest absolute Gasteiger partial charge is 0.178 e. The normalized spacial score (nSPS) is 11.9. The van der Waals surface area contributed by atoms with Crippen LogP contribution in [-0.2, 0) is 10.2 Å². The number of methoxy groups -OCH3 is 3. The van der Waals surface area contributed by atoms with Crippen LogP contribution in [0.1, 0.15) is 48.6 Å². The molecule has 0 spiro atoms. The quantitative estimate of drug-likeness (QED) is 0.234. The van der Waals surface area contributed by atoms with Crippen molar-refractivity contribution < 1.29 is 19.0 Å². The van der Waals surface area contributed by atoms with Gasteiger partial charge in [0.1, 0.15) is 17.2 Å². The van der Waals surface area contributed by atoms with E-state index >= 15 is 0 Å². The number of allylic oxidation sites excluding steroid dienone is 2. The van der Waals surface area contributed by atoms with Gasteiger partial charge in [-0.25, -0.2) is 0 Å². The van der Waals surface area contributed by atoms with Crippen LogP contribution < -0.4 is 14.2 Å². The third kappa shape index (κ3) is 7.22. The second-order valence-electron chi connectivity index (χ2n) is 9.38. The van der Waals surface area contributed by atoms with Crippen molar-refractivity contribution in [3.8, 4) is 17.2 Å². The average Bonchev–Trinajstić information content (AvgIpc) is 2.89. The number of rotatable bonds is 9. The molecule has 0 radical (unpaired) electrons. The maximum atomic E-state index is 12.6. The summed E-state index contributed by atoms with van der Waals surface area (Å²) in [5, 5.41) is 0. The molecule has 0 bridgehead atoms. The van der Waals surface area contributed by atoms with E-state index in [2.05, 4.69) is 32.9 Å². The Hall–Kier alpha value is -4.05. The molecule has 0 unspecified atom stereocenters. The van der Waals surface area contributed by atoms with E-state index < -0.39 is 0 Å². The minimum absolute atomic E-state index is 0.0950. The number of carbonyl (C=O) groups excluding carboxylic acids is 1. The first-order chi connectivity index (χ1) is 17.2. The molecule has 186 valence electrons. The van der Waals surface area contributed by atoms with E-state index in [1.165, 1.54) is 5.56 Å². The Kier molecular flexibility index (Phi) is 8.91. The van der Waals surface area contributed by atoms with Crippen LogP contribution in [0.4, 0.5) is 0 Å². The predicted octanol–water partition coefficient (Wildman–Crippen LogP) is 7.48. The Morgan fingerprint density at radius 3 is 1.83 bits per heavy atom. The van der Waals surface area contributed by atoms with Crippen LogP contribution in [-0.4, -0.2) is 27.1 Å². The van der Waals surface area contributed by atoms with E-state index in [1.54, 1.807) is 39.6 Å². The van der Waals surface area contributed by atoms with Crippen LogP contribution in [0.5, 0.6) is 17.2 Å². The van der Waals surface area contributed by atoms with E-state index in [4.69, 9.17) is 14.2 Å². The van der Waals surface area contributed by atoms with Crippen LogP contribution in [0.2, 0.25) is 0 Å². The fraction of sp³-hybridized carbons (Fsp3) is 0.219. The van der Waals surface area contributed by atoms with Gasteiger partial charge in [-0.3, -0.25) is 4.79 Å². The van der Waals surface area contributed by atoms with Gasteiger partial charge in [-0.2, -0.15) is 0 Å². The van der Waals surface area contributed by atoms with Crippen molar-refractivity contribution >= 4 is 30.1 Å². The Morgan fingerprint density at radius 1 is 0.667 bits per heavy atom. The molecule has 3 rings (SSSR count). The molecule has 0 N–H and O–H groups in total. The SMILES string of the molecule is COc1ccc(/C=C/c2cc(OC)cc(OC)c2/C=C/C(=O)/C=C/c2ccc(C(C)(C)C)cc2)cc1. The highest BCUT2D eigenvalue weighted by molar-refractivity contribution is 6.05. The summed E-state index contributed by atoms with van der Waals surface area (Å²) in [6.45, 7) is 6.54. The Morgan fingerprint density at radius 2 is 1.25 bits per heavy atom. The fourth-order valence-electron chi connectivity index (χ4n) is 3.62. The minimum Gasteiger partial charge on any atom is -0.497 e. The molecule has 36 heavy (non-hydrogen) atoms. The van der Waals surface area contributed by atoms with E-state index in [0.717, 1.165) is 28.0 Å². The van der Waals surface area contributed by atoms with Gasteiger partial charge in [0.05, 0.1) is 21.3 Å². The monoisotopic (exact) mass is 482 g/mol. The molecule has 0 aliphatic carbocycles. The molecule has 0 aliphatic rings. The summed E-state index contributed by atoms with van der Waals surface area (Å²) < 4.78 is 16.3. The van der Waals surface area contributed by atoms with Crippen molar-refractivity contribution in [3.05, 3.63) is 101 Å². The van der Waals surface area contributed by atoms with Crippen LogP contribution in [0.3, 0.4) is 0 Å². The molecule has 0 amide bonds. The second kappa shape index (κ2) is 12.1. The summed E-state index contributed by atoms with van der Waals surface area (Å²) in [5.74, 6) is 1.98. The Balaban J connectivity index is 1.84. The standard InChI is InChI=1S/C32H34O4/c1-32(2,3)26-14-8-24(9-15-26)10-16-27(33)17-20-30-25(21-29(35-5)22-31(30)36-6)13-7-23-11-18-28(34-4)19-12-23/h7-22H,1-6H3/b13-7+,16-10+,20-17+. The fourth-order valence-corrected chi connectivity index (χ4v) is 3.62. The van der Waals surface area contributed by atoms with E-state index in [1.807, 2.05) is 66.8 Å². The molecule has 0 aliphatic heterocycles. The summed E-state index contributed by atoms with van der Waals surface area (Å²) >= 11 is 0. The molecule has 4 heteroatoms. The van der Waals surface area contributed by atoms with E-state index in [-0.39, 0.29) is 11.2 Å². The van der Waals surface area contributed by atoms with Crippen LogP contribution in [0.25, 0.3) is 24.3 Å². The van der Waals surface area contributed by atoms with Gasteiger partial charge in [0.25, 0.3) is 0 Å². The molecule has 0 fully saturated rings. The van der Waals surface area contributed by atoms with Gasteiger partial charge in [-0.05, 0) is 64.1 Å². The first-order valence-corrected chi connectivity index (χ1v) is 11.8. The highest BCUT2D eigenvalue weighted by Gasteiger charge is 2.12. The second-order valence-corrected chi connectivity index (χ2v) is 9.38. The molecular weight excluding hydrogens is 448 g/mol. The molecule has 4 nitrogen and oxygen atoms in total. The van der Waals surface area contributed by atoms with E-state index in [0.29, 0.717) is 11.5 Å². The number of benzene rings is 3. The zero-order valence-electron chi connectivity index (χ0n) is 21.9. The molecule has 0 saturated carbocycles. The highest BCUT2D eigenvalue weighted by atomic mass is 16.5. The lowest BCUT2D eigenvalue weighted by Crippen LogP contribution is -2.10. The van der Waals surface area contributed by atoms with Crippen molar-refractivity contribution in [3.63, 3.8) is 0 Å². The number of carbonyl (C=O) groups is 1. The van der Waals surface area contributed by atoms with E-state index in [9.17, 15) is 4.79 Å². The number of ketones is 1. The van der Waals surface area contributed by atoms with Crippen molar-refractivity contribution in [2.24, 2.45) is 0 Å². The van der Waals surface area contributed by atoms with Crippen LogP contribution in [0.15, 0.2) is 72.8 Å². The minimum atomic E-state index is -0.113. The van der Waals surface area contributed by atoms with Gasteiger partial charge < -0.3 is 14.2 Å². The first-order valence-electron chi connectivity index (χ1n) is 11.8. The summed E-state index contributed by atoms with van der Waals surface area (Å²) in [4.78, 5) is 12.6. The van der Waals surface area contributed by atoms with Crippen molar-refractivity contribution in [2.45, 2.75) is 26.2 Å². The largest absolute Gasteiger partial charge is 0.497 e. The van der Waals surface area contributed by atoms with Gasteiger partial charge in [0, 0.05) is 11.6 Å². The van der Waals surface area contributed by atoms with Crippen molar-refractivity contribution in [1.82, 2.24) is 0 Å². The summed E-state index contributed by atoms with van der Waals surface area (Å²) in [5.41, 5.74) is 5.01. The zero-order valence-corrected chi connectivity index (χ0v) is 21.9. The van der Waals surface area contributed by atoms with Gasteiger partial charge in [0.2, 0.25) is 0 Å². The molecule has 0 aromatic heterocycles. The lowest BCUT2D eigenvalue weighted by Gasteiger charge is -2.18. The molecule has 3 aromatic rings. The van der Waals surface area contributed by atoms with Crippen molar-refractivity contribution in [2.75, 3.05) is 21.3 Å². The lowest BCUT2D eigenvalue weighted by molar-refractivity contribution is -0.110. The van der Waals surface area contributed by atoms with Gasteiger partial charge in [0.15, 0.2) is 5.78 Å². The third-order valence-electron chi connectivity index (χ3n) is 5.81. The first kappa shape index (κ1) is 26.6. The summed E-state index contributed by atoms with van der Waals surface area (Å²) in [6.07, 6.45) is 10.7.